The molecule has 9 heteroatoms. The van der Waals surface area contributed by atoms with Crippen LogP contribution in [0.25, 0.3) is 11.0 Å². The van der Waals surface area contributed by atoms with Gasteiger partial charge in [0, 0.05) is 7.05 Å². The highest BCUT2D eigenvalue weighted by Crippen LogP contribution is 2.19. The van der Waals surface area contributed by atoms with Crippen molar-refractivity contribution in [2.75, 3.05) is 7.05 Å². The van der Waals surface area contributed by atoms with Crippen LogP contribution in [0.1, 0.15) is 6.92 Å². The van der Waals surface area contributed by atoms with Crippen molar-refractivity contribution in [3.63, 3.8) is 0 Å². The largest absolute Gasteiger partial charge is 0.480 e. The standard InChI is InChI=1S/C11H13N3O5S/c1-6(10(15)16)14(2)20(18,19)7-3-4-8-9(5-7)13-11(17)12-8/h3-6H,1-2H3,(H,15,16)(H2,12,13,17). The zero-order valence-corrected chi connectivity index (χ0v) is 11.6. The first-order valence-electron chi connectivity index (χ1n) is 5.66. The van der Waals surface area contributed by atoms with Crippen molar-refractivity contribution in [1.82, 2.24) is 14.3 Å². The Morgan fingerprint density at radius 2 is 1.90 bits per heavy atom. The van der Waals surface area contributed by atoms with E-state index >= 15 is 0 Å². The molecule has 0 bridgehead atoms. The average Bonchev–Trinajstić information content (AvgIpc) is 2.75. The fraction of sp³-hybridized carbons (Fsp3) is 0.273. The van der Waals surface area contributed by atoms with Crippen molar-refractivity contribution in [2.24, 2.45) is 0 Å². The third-order valence-electron chi connectivity index (χ3n) is 3.07. The Balaban J connectivity index is 2.51. The second-order valence-electron chi connectivity index (χ2n) is 4.32. The van der Waals surface area contributed by atoms with Gasteiger partial charge >= 0.3 is 11.7 Å². The maximum absolute atomic E-state index is 12.3. The lowest BCUT2D eigenvalue weighted by atomic mass is 10.3. The highest BCUT2D eigenvalue weighted by molar-refractivity contribution is 7.89. The van der Waals surface area contributed by atoms with Crippen molar-refractivity contribution < 1.29 is 18.3 Å². The summed E-state index contributed by atoms with van der Waals surface area (Å²) in [5.41, 5.74) is 0.372. The van der Waals surface area contributed by atoms with Crippen LogP contribution in [0.15, 0.2) is 27.9 Å². The molecule has 8 nitrogen and oxygen atoms in total. The summed E-state index contributed by atoms with van der Waals surface area (Å²) in [5.74, 6) is -1.24. The monoisotopic (exact) mass is 299 g/mol. The predicted molar refractivity (Wildman–Crippen MR) is 71.0 cm³/mol. The Bertz CT molecular complexity index is 820. The Labute approximate surface area is 114 Å². The maximum atomic E-state index is 12.3. The number of hydrogen-bond acceptors (Lipinski definition) is 4. The van der Waals surface area contributed by atoms with E-state index < -0.39 is 27.7 Å². The number of H-pyrrole nitrogens is 2. The van der Waals surface area contributed by atoms with Crippen LogP contribution in [0.2, 0.25) is 0 Å². The van der Waals surface area contributed by atoms with E-state index in [9.17, 15) is 18.0 Å². The molecule has 0 saturated heterocycles. The first-order valence-corrected chi connectivity index (χ1v) is 7.10. The summed E-state index contributed by atoms with van der Waals surface area (Å²) in [6, 6.07) is 2.85. The molecule has 0 fully saturated rings. The van der Waals surface area contributed by atoms with Gasteiger partial charge in [-0.3, -0.25) is 4.79 Å². The number of carboxylic acids is 1. The summed E-state index contributed by atoms with van der Waals surface area (Å²) in [6.45, 7) is 1.27. The first kappa shape index (κ1) is 14.3. The highest BCUT2D eigenvalue weighted by atomic mass is 32.2. The number of nitrogens with zero attached hydrogens (tertiary/aromatic N) is 1. The van der Waals surface area contributed by atoms with Crippen molar-refractivity contribution in [3.8, 4) is 0 Å². The summed E-state index contributed by atoms with van der Waals surface area (Å²) in [5, 5.41) is 8.88. The number of aliphatic carboxylic acids is 1. The smallest absolute Gasteiger partial charge is 0.323 e. The number of benzene rings is 1. The molecule has 1 aromatic carbocycles. The van der Waals surface area contributed by atoms with Gasteiger partial charge in [0.25, 0.3) is 0 Å². The van der Waals surface area contributed by atoms with Crippen LogP contribution in [0.3, 0.4) is 0 Å². The molecule has 1 atom stereocenters. The number of rotatable bonds is 4. The summed E-state index contributed by atoms with van der Waals surface area (Å²) >= 11 is 0. The fourth-order valence-corrected chi connectivity index (χ4v) is 3.05. The van der Waals surface area contributed by atoms with E-state index in [0.29, 0.717) is 11.0 Å². The zero-order chi connectivity index (χ0) is 15.1. The molecule has 0 aliphatic rings. The van der Waals surface area contributed by atoms with Crippen LogP contribution in [-0.2, 0) is 14.8 Å². The molecule has 1 unspecified atom stereocenters. The minimum absolute atomic E-state index is 0.0872. The molecule has 0 radical (unpaired) electrons. The molecule has 0 spiro atoms. The summed E-state index contributed by atoms with van der Waals surface area (Å²) in [4.78, 5) is 26.9. The van der Waals surface area contributed by atoms with Crippen LogP contribution in [0.5, 0.6) is 0 Å². The minimum Gasteiger partial charge on any atom is -0.480 e. The number of hydrogen-bond donors (Lipinski definition) is 3. The number of carbonyl (C=O) groups is 1. The van der Waals surface area contributed by atoms with Gasteiger partial charge in [0.2, 0.25) is 10.0 Å². The molecule has 2 rings (SSSR count). The number of aromatic nitrogens is 2. The molecule has 1 heterocycles. The molecule has 3 N–H and O–H groups in total. The third kappa shape index (κ3) is 2.32. The Hall–Kier alpha value is -2.13. The molecule has 0 aliphatic heterocycles. The predicted octanol–water partition coefficient (Wildman–Crippen LogP) is -0.0502. The van der Waals surface area contributed by atoms with Crippen LogP contribution < -0.4 is 5.69 Å². The molecule has 0 saturated carbocycles. The van der Waals surface area contributed by atoms with Gasteiger partial charge < -0.3 is 15.1 Å². The van der Waals surface area contributed by atoms with Gasteiger partial charge in [-0.25, -0.2) is 13.2 Å². The van der Waals surface area contributed by atoms with Crippen LogP contribution in [0, 0.1) is 0 Å². The van der Waals surface area contributed by atoms with Gasteiger partial charge in [-0.15, -0.1) is 0 Å². The van der Waals surface area contributed by atoms with E-state index in [0.717, 1.165) is 4.31 Å². The lowest BCUT2D eigenvalue weighted by Crippen LogP contribution is -2.40. The second kappa shape index (κ2) is 4.76. The summed E-state index contributed by atoms with van der Waals surface area (Å²) in [6.07, 6.45) is 0. The van der Waals surface area contributed by atoms with Gasteiger partial charge in [0.1, 0.15) is 6.04 Å². The number of carboxylic acid groups (broad SMARTS) is 1. The minimum atomic E-state index is -3.95. The van der Waals surface area contributed by atoms with Gasteiger partial charge in [0.15, 0.2) is 0 Å². The van der Waals surface area contributed by atoms with Crippen molar-refractivity contribution in [2.45, 2.75) is 17.9 Å². The maximum Gasteiger partial charge on any atom is 0.323 e. The molecule has 0 amide bonds. The average molecular weight is 299 g/mol. The van der Waals surface area contributed by atoms with Gasteiger partial charge in [-0.05, 0) is 25.1 Å². The Morgan fingerprint density at radius 1 is 1.30 bits per heavy atom. The highest BCUT2D eigenvalue weighted by Gasteiger charge is 2.29. The van der Waals surface area contributed by atoms with Gasteiger partial charge in [0.05, 0.1) is 15.9 Å². The normalized spacial score (nSPS) is 13.8. The molecular weight excluding hydrogens is 286 g/mol. The molecular formula is C11H13N3O5S. The van der Waals surface area contributed by atoms with Gasteiger partial charge in [-0.1, -0.05) is 0 Å². The first-order chi connectivity index (χ1) is 9.23. The Morgan fingerprint density at radius 3 is 2.50 bits per heavy atom. The molecule has 20 heavy (non-hydrogen) atoms. The zero-order valence-electron chi connectivity index (χ0n) is 10.7. The number of likely N-dealkylation sites (N-methyl/N-ethyl adjacent to an activating group) is 1. The fourth-order valence-electron chi connectivity index (χ4n) is 1.70. The van der Waals surface area contributed by atoms with E-state index in [2.05, 4.69) is 9.97 Å². The summed E-state index contributed by atoms with van der Waals surface area (Å²) < 4.78 is 25.3. The van der Waals surface area contributed by atoms with E-state index in [1.54, 1.807) is 0 Å². The quantitative estimate of drug-likeness (QED) is 0.730. The topological polar surface area (TPSA) is 123 Å². The number of fused-ring (bicyclic) bond motifs is 1. The van der Waals surface area contributed by atoms with Gasteiger partial charge in [-0.2, -0.15) is 4.31 Å². The summed E-state index contributed by atoms with van der Waals surface area (Å²) in [7, 11) is -2.76. The molecule has 108 valence electrons. The SMILES string of the molecule is CC(C(=O)O)N(C)S(=O)(=O)c1ccc2[nH]c(=O)[nH]c2c1. The third-order valence-corrected chi connectivity index (χ3v) is 4.99. The lowest BCUT2D eigenvalue weighted by molar-refractivity contribution is -0.140. The second-order valence-corrected chi connectivity index (χ2v) is 6.32. The lowest BCUT2D eigenvalue weighted by Gasteiger charge is -2.20. The van der Waals surface area contributed by atoms with Crippen molar-refractivity contribution in [1.29, 1.82) is 0 Å². The van der Waals surface area contributed by atoms with E-state index in [-0.39, 0.29) is 4.90 Å². The van der Waals surface area contributed by atoms with Crippen molar-refractivity contribution in [3.05, 3.63) is 28.7 Å². The molecule has 0 aliphatic carbocycles. The Kier molecular flexibility index (Phi) is 3.40. The number of nitrogens with one attached hydrogen (secondary N) is 2. The van der Waals surface area contributed by atoms with E-state index in [1.807, 2.05) is 0 Å². The molecule has 1 aromatic heterocycles. The molecule has 2 aromatic rings. The van der Waals surface area contributed by atoms with Crippen LogP contribution >= 0.6 is 0 Å². The number of imidazole rings is 1. The number of aromatic amines is 2. The van der Waals surface area contributed by atoms with Crippen LogP contribution in [-0.4, -0.2) is 46.9 Å². The van der Waals surface area contributed by atoms with Crippen LogP contribution in [0.4, 0.5) is 0 Å². The van der Waals surface area contributed by atoms with E-state index in [1.165, 1.54) is 32.2 Å². The number of sulfonamides is 1. The van der Waals surface area contributed by atoms with Crippen molar-refractivity contribution >= 4 is 27.0 Å². The van der Waals surface area contributed by atoms with E-state index in [4.69, 9.17) is 5.11 Å².